The lowest BCUT2D eigenvalue weighted by Gasteiger charge is -2.24. The molecule has 1 aliphatic rings. The van der Waals surface area contributed by atoms with Crippen LogP contribution in [0.1, 0.15) is 6.42 Å². The van der Waals surface area contributed by atoms with Gasteiger partial charge in [-0.3, -0.25) is 4.79 Å². The van der Waals surface area contributed by atoms with Crippen molar-refractivity contribution < 1.29 is 18.3 Å². The molecule has 19 heavy (non-hydrogen) atoms. The third-order valence-electron chi connectivity index (χ3n) is 2.68. The topological polar surface area (TPSA) is 83.5 Å². The van der Waals surface area contributed by atoms with Gasteiger partial charge in [-0.05, 0) is 18.2 Å². The Morgan fingerprint density at radius 3 is 2.58 bits per heavy atom. The Morgan fingerprint density at radius 2 is 2.16 bits per heavy atom. The maximum absolute atomic E-state index is 12.2. The van der Waals surface area contributed by atoms with Crippen molar-refractivity contribution in [2.45, 2.75) is 16.9 Å². The molecule has 1 aromatic rings. The molecule has 1 aromatic heterocycles. The molecule has 1 atom stereocenters. The van der Waals surface area contributed by atoms with Gasteiger partial charge in [-0.1, -0.05) is 23.2 Å². The highest BCUT2D eigenvalue weighted by molar-refractivity contribution is 7.99. The number of hydrogen-bond acceptors (Lipinski definition) is 5. The molecule has 0 aromatic carbocycles. The third kappa shape index (κ3) is 3.03. The molecule has 0 amide bonds. The van der Waals surface area contributed by atoms with Gasteiger partial charge in [0, 0.05) is 5.75 Å². The molecule has 1 fully saturated rings. The Kier molecular flexibility index (Phi) is 4.39. The average Bonchev–Trinajstić information content (AvgIpc) is 2.86. The first-order valence-corrected chi connectivity index (χ1v) is 9.28. The van der Waals surface area contributed by atoms with Crippen molar-refractivity contribution in [1.82, 2.24) is 4.72 Å². The first kappa shape index (κ1) is 15.4. The van der Waals surface area contributed by atoms with E-state index in [0.29, 0.717) is 5.75 Å². The number of thiophene rings is 1. The molecule has 0 spiro atoms. The summed E-state index contributed by atoms with van der Waals surface area (Å²) in [5.41, 5.74) is -1.47. The summed E-state index contributed by atoms with van der Waals surface area (Å²) < 4.78 is 26.9. The Morgan fingerprint density at radius 1 is 1.47 bits per heavy atom. The summed E-state index contributed by atoms with van der Waals surface area (Å²) in [6.45, 7) is 0. The number of carboxylic acid groups (broad SMARTS) is 1. The first-order chi connectivity index (χ1) is 8.77. The second-order valence-corrected chi connectivity index (χ2v) is 9.03. The van der Waals surface area contributed by atoms with Crippen LogP contribution in [-0.4, -0.2) is 36.5 Å². The largest absolute Gasteiger partial charge is 0.480 e. The Bertz CT molecular complexity index is 607. The molecule has 0 radical (unpaired) electrons. The minimum absolute atomic E-state index is 0.0173. The molecule has 1 aliphatic heterocycles. The molecule has 0 bridgehead atoms. The van der Waals surface area contributed by atoms with Gasteiger partial charge in [0.05, 0.1) is 4.34 Å². The van der Waals surface area contributed by atoms with Gasteiger partial charge in [0.25, 0.3) is 0 Å². The van der Waals surface area contributed by atoms with E-state index in [1.165, 1.54) is 17.8 Å². The molecule has 2 N–H and O–H groups in total. The molecule has 10 heteroatoms. The number of carbonyl (C=O) groups is 1. The summed E-state index contributed by atoms with van der Waals surface area (Å²) in [5, 5.41) is 9.25. The van der Waals surface area contributed by atoms with E-state index in [1.807, 2.05) is 0 Å². The van der Waals surface area contributed by atoms with Gasteiger partial charge < -0.3 is 5.11 Å². The molecule has 2 rings (SSSR count). The Labute approximate surface area is 128 Å². The van der Waals surface area contributed by atoms with Crippen molar-refractivity contribution in [2.24, 2.45) is 0 Å². The zero-order chi connectivity index (χ0) is 14.3. The number of carboxylic acids is 1. The molecule has 1 unspecified atom stereocenters. The number of nitrogens with one attached hydrogen (secondary N) is 1. The second-order valence-electron chi connectivity index (χ2n) is 3.98. The smallest absolute Gasteiger partial charge is 0.325 e. The minimum atomic E-state index is -4.01. The third-order valence-corrected chi connectivity index (χ3v) is 7.15. The second kappa shape index (κ2) is 5.42. The standard InChI is InChI=1S/C9H9Cl2NO4S3/c10-6-3-5(7(11)18-6)19(15,16)12-9(8(13)14)1-2-17-4-9/h3,12H,1-2,4H2,(H,13,14). The predicted molar refractivity (Wildman–Crippen MR) is 77.0 cm³/mol. The molecule has 1 saturated heterocycles. The Balaban J connectivity index is 2.36. The molecule has 106 valence electrons. The van der Waals surface area contributed by atoms with Crippen LogP contribution in [-0.2, 0) is 14.8 Å². The van der Waals surface area contributed by atoms with Crippen LogP contribution < -0.4 is 4.72 Å². The number of halogens is 2. The summed E-state index contributed by atoms with van der Waals surface area (Å²) in [6, 6.07) is 1.22. The lowest BCUT2D eigenvalue weighted by Crippen LogP contribution is -2.54. The van der Waals surface area contributed by atoms with E-state index in [9.17, 15) is 18.3 Å². The monoisotopic (exact) mass is 361 g/mol. The van der Waals surface area contributed by atoms with E-state index in [1.54, 1.807) is 0 Å². The van der Waals surface area contributed by atoms with Crippen LogP contribution in [0, 0.1) is 0 Å². The zero-order valence-electron chi connectivity index (χ0n) is 9.35. The normalized spacial score (nSPS) is 23.7. The minimum Gasteiger partial charge on any atom is -0.480 e. The van der Waals surface area contributed by atoms with Gasteiger partial charge in [0.1, 0.15) is 14.8 Å². The van der Waals surface area contributed by atoms with Gasteiger partial charge in [0.15, 0.2) is 0 Å². The maximum Gasteiger partial charge on any atom is 0.325 e. The summed E-state index contributed by atoms with van der Waals surface area (Å²) in [4.78, 5) is 11.1. The van der Waals surface area contributed by atoms with Crippen LogP contribution in [0.2, 0.25) is 8.67 Å². The Hall–Kier alpha value is 0.01000. The van der Waals surface area contributed by atoms with Crippen molar-refractivity contribution in [3.8, 4) is 0 Å². The predicted octanol–water partition coefficient (Wildman–Crippen LogP) is 2.29. The van der Waals surface area contributed by atoms with Gasteiger partial charge in [-0.15, -0.1) is 11.3 Å². The fraction of sp³-hybridized carbons (Fsp3) is 0.444. The van der Waals surface area contributed by atoms with Crippen LogP contribution in [0.15, 0.2) is 11.0 Å². The fourth-order valence-corrected chi connectivity index (χ4v) is 6.63. The molecular weight excluding hydrogens is 353 g/mol. The molecule has 0 saturated carbocycles. The molecule has 0 aliphatic carbocycles. The zero-order valence-corrected chi connectivity index (χ0v) is 13.3. The maximum atomic E-state index is 12.2. The van der Waals surface area contributed by atoms with Crippen LogP contribution in [0.3, 0.4) is 0 Å². The number of rotatable bonds is 4. The summed E-state index contributed by atoms with van der Waals surface area (Å²) in [7, 11) is -4.01. The van der Waals surface area contributed by atoms with E-state index >= 15 is 0 Å². The van der Waals surface area contributed by atoms with Crippen molar-refractivity contribution in [3.63, 3.8) is 0 Å². The summed E-state index contributed by atoms with van der Waals surface area (Å²) in [6.07, 6.45) is 0.238. The molecule has 5 nitrogen and oxygen atoms in total. The lowest BCUT2D eigenvalue weighted by atomic mass is 10.0. The van der Waals surface area contributed by atoms with Crippen LogP contribution in [0.25, 0.3) is 0 Å². The van der Waals surface area contributed by atoms with Crippen LogP contribution in [0.5, 0.6) is 0 Å². The van der Waals surface area contributed by atoms with Crippen LogP contribution in [0.4, 0.5) is 0 Å². The van der Waals surface area contributed by atoms with E-state index in [2.05, 4.69) is 4.72 Å². The van der Waals surface area contributed by atoms with Gasteiger partial charge >= 0.3 is 5.97 Å². The summed E-state index contributed by atoms with van der Waals surface area (Å²) >= 11 is 13.8. The number of hydrogen-bond donors (Lipinski definition) is 2. The highest BCUT2D eigenvalue weighted by Crippen LogP contribution is 2.36. The van der Waals surface area contributed by atoms with Crippen LogP contribution >= 0.6 is 46.3 Å². The van der Waals surface area contributed by atoms with Crippen molar-refractivity contribution in [3.05, 3.63) is 14.7 Å². The highest BCUT2D eigenvalue weighted by Gasteiger charge is 2.45. The van der Waals surface area contributed by atoms with Crippen molar-refractivity contribution in [1.29, 1.82) is 0 Å². The number of thioether (sulfide) groups is 1. The van der Waals surface area contributed by atoms with E-state index < -0.39 is 21.5 Å². The molecular formula is C9H9Cl2NO4S3. The number of aliphatic carboxylic acids is 1. The van der Waals surface area contributed by atoms with E-state index in [-0.39, 0.29) is 25.7 Å². The van der Waals surface area contributed by atoms with Crippen molar-refractivity contribution >= 4 is 62.3 Å². The highest BCUT2D eigenvalue weighted by atomic mass is 35.5. The summed E-state index contributed by atoms with van der Waals surface area (Å²) in [5.74, 6) is -0.400. The molecule has 2 heterocycles. The van der Waals surface area contributed by atoms with Crippen molar-refractivity contribution in [2.75, 3.05) is 11.5 Å². The fourth-order valence-electron chi connectivity index (χ4n) is 1.68. The lowest BCUT2D eigenvalue weighted by molar-refractivity contribution is -0.142. The average molecular weight is 362 g/mol. The van der Waals surface area contributed by atoms with E-state index in [0.717, 1.165) is 11.3 Å². The van der Waals surface area contributed by atoms with E-state index in [4.69, 9.17) is 23.2 Å². The van der Waals surface area contributed by atoms with Gasteiger partial charge in [-0.25, -0.2) is 8.42 Å². The SMILES string of the molecule is O=C(O)C1(NS(=O)(=O)c2cc(Cl)sc2Cl)CCSC1. The number of sulfonamides is 1. The van der Waals surface area contributed by atoms with Gasteiger partial charge in [-0.2, -0.15) is 16.5 Å². The van der Waals surface area contributed by atoms with Gasteiger partial charge in [0.2, 0.25) is 10.0 Å². The first-order valence-electron chi connectivity index (χ1n) is 5.07. The quantitative estimate of drug-likeness (QED) is 0.859.